The molecule has 0 bridgehead atoms. The van der Waals surface area contributed by atoms with Crippen molar-refractivity contribution in [1.82, 2.24) is 0 Å². The Hall–Kier alpha value is -1.32. The summed E-state index contributed by atoms with van der Waals surface area (Å²) in [7, 11) is 1.68. The second-order valence-corrected chi connectivity index (χ2v) is 4.95. The van der Waals surface area contributed by atoms with Gasteiger partial charge in [-0.05, 0) is 59.0 Å². The summed E-state index contributed by atoms with van der Waals surface area (Å²) in [6, 6.07) is 5.99. The zero-order chi connectivity index (χ0) is 12.4. The molecule has 2 nitrogen and oxygen atoms in total. The van der Waals surface area contributed by atoms with Gasteiger partial charge in [0.1, 0.15) is 5.75 Å². The summed E-state index contributed by atoms with van der Waals surface area (Å²) in [4.78, 5) is 0. The molecule has 0 saturated carbocycles. The average molecular weight is 247 g/mol. The number of rotatable bonds is 3. The van der Waals surface area contributed by atoms with Gasteiger partial charge in [0, 0.05) is 0 Å². The molecule has 1 atom stereocenters. The van der Waals surface area contributed by atoms with Gasteiger partial charge in [-0.1, -0.05) is 6.07 Å². The maximum atomic E-state index is 6.32. The van der Waals surface area contributed by atoms with Gasteiger partial charge in [0.25, 0.3) is 0 Å². The van der Waals surface area contributed by atoms with E-state index in [0.29, 0.717) is 0 Å². The van der Waals surface area contributed by atoms with Gasteiger partial charge in [0.2, 0.25) is 0 Å². The fraction of sp³-hybridized carbons (Fsp3) is 0.286. The van der Waals surface area contributed by atoms with E-state index in [4.69, 9.17) is 10.5 Å². The van der Waals surface area contributed by atoms with Crippen LogP contribution in [-0.4, -0.2) is 7.11 Å². The van der Waals surface area contributed by atoms with E-state index < -0.39 is 0 Å². The molecule has 0 amide bonds. The van der Waals surface area contributed by atoms with Crippen molar-refractivity contribution in [2.45, 2.75) is 19.9 Å². The molecule has 0 fully saturated rings. The summed E-state index contributed by atoms with van der Waals surface area (Å²) in [5, 5.41) is 4.26. The minimum absolute atomic E-state index is 0.0489. The quantitative estimate of drug-likeness (QED) is 0.902. The molecule has 1 unspecified atom stereocenters. The van der Waals surface area contributed by atoms with E-state index in [1.165, 1.54) is 16.7 Å². The van der Waals surface area contributed by atoms with Gasteiger partial charge in [-0.25, -0.2) is 0 Å². The molecule has 0 radical (unpaired) electrons. The minimum Gasteiger partial charge on any atom is -0.497 e. The second kappa shape index (κ2) is 4.90. The molecule has 1 aromatic heterocycles. The van der Waals surface area contributed by atoms with Crippen LogP contribution in [0.5, 0.6) is 5.75 Å². The lowest BCUT2D eigenvalue weighted by Crippen LogP contribution is -2.13. The number of hydrogen-bond acceptors (Lipinski definition) is 3. The summed E-state index contributed by atoms with van der Waals surface area (Å²) in [6.45, 7) is 4.17. The van der Waals surface area contributed by atoms with Gasteiger partial charge in [-0.3, -0.25) is 0 Å². The van der Waals surface area contributed by atoms with Crippen LogP contribution < -0.4 is 10.5 Å². The van der Waals surface area contributed by atoms with Crippen molar-refractivity contribution in [2.24, 2.45) is 5.73 Å². The maximum absolute atomic E-state index is 6.32. The average Bonchev–Trinajstić information content (AvgIpc) is 2.74. The van der Waals surface area contributed by atoms with Gasteiger partial charge < -0.3 is 10.5 Å². The number of nitrogens with two attached hydrogens (primary N) is 1. The first-order chi connectivity index (χ1) is 8.13. The molecular weight excluding hydrogens is 230 g/mol. The third-order valence-corrected chi connectivity index (χ3v) is 3.92. The molecule has 17 heavy (non-hydrogen) atoms. The molecule has 2 aromatic rings. The number of aryl methyl sites for hydroxylation is 2. The molecule has 90 valence electrons. The Kier molecular flexibility index (Phi) is 3.50. The maximum Gasteiger partial charge on any atom is 0.119 e. The van der Waals surface area contributed by atoms with Crippen molar-refractivity contribution in [1.29, 1.82) is 0 Å². The Morgan fingerprint density at radius 3 is 2.41 bits per heavy atom. The van der Waals surface area contributed by atoms with E-state index in [1.807, 2.05) is 12.1 Å². The topological polar surface area (TPSA) is 35.2 Å². The Labute approximate surface area is 106 Å². The summed E-state index contributed by atoms with van der Waals surface area (Å²) >= 11 is 1.70. The van der Waals surface area contributed by atoms with Crippen LogP contribution in [0, 0.1) is 13.8 Å². The molecule has 0 spiro atoms. The van der Waals surface area contributed by atoms with Crippen LogP contribution in [0.1, 0.15) is 28.3 Å². The van der Waals surface area contributed by atoms with Crippen molar-refractivity contribution < 1.29 is 4.74 Å². The second-order valence-electron chi connectivity index (χ2n) is 4.21. The van der Waals surface area contributed by atoms with Gasteiger partial charge in [-0.2, -0.15) is 11.3 Å². The van der Waals surface area contributed by atoms with Crippen LogP contribution in [0.15, 0.2) is 29.0 Å². The summed E-state index contributed by atoms with van der Waals surface area (Å²) < 4.78 is 5.21. The summed E-state index contributed by atoms with van der Waals surface area (Å²) in [5.74, 6) is 0.875. The first kappa shape index (κ1) is 12.1. The van der Waals surface area contributed by atoms with Gasteiger partial charge >= 0.3 is 0 Å². The molecule has 3 heteroatoms. The molecule has 0 aliphatic heterocycles. The molecule has 1 heterocycles. The zero-order valence-corrected chi connectivity index (χ0v) is 11.2. The third-order valence-electron chi connectivity index (χ3n) is 3.04. The SMILES string of the molecule is COc1ccc(C(N)c2cscc2C)c(C)c1. The normalized spacial score (nSPS) is 12.5. The Balaban J connectivity index is 2.38. The van der Waals surface area contributed by atoms with Crippen LogP contribution >= 0.6 is 11.3 Å². The van der Waals surface area contributed by atoms with E-state index in [1.54, 1.807) is 18.4 Å². The van der Waals surface area contributed by atoms with Crippen LogP contribution in [0.4, 0.5) is 0 Å². The number of methoxy groups -OCH3 is 1. The van der Waals surface area contributed by atoms with Gasteiger partial charge in [-0.15, -0.1) is 0 Å². The van der Waals surface area contributed by atoms with Gasteiger partial charge in [0.15, 0.2) is 0 Å². The first-order valence-electron chi connectivity index (χ1n) is 5.56. The smallest absolute Gasteiger partial charge is 0.119 e. The number of hydrogen-bond donors (Lipinski definition) is 1. The summed E-state index contributed by atoms with van der Waals surface area (Å²) in [5.41, 5.74) is 11.1. The fourth-order valence-electron chi connectivity index (χ4n) is 1.98. The number of benzene rings is 1. The molecular formula is C14H17NOS. The molecule has 2 N–H and O–H groups in total. The zero-order valence-electron chi connectivity index (χ0n) is 10.4. The van der Waals surface area contributed by atoms with E-state index >= 15 is 0 Å². The summed E-state index contributed by atoms with van der Waals surface area (Å²) in [6.07, 6.45) is 0. The molecule has 1 aromatic carbocycles. The highest BCUT2D eigenvalue weighted by molar-refractivity contribution is 7.08. The minimum atomic E-state index is -0.0489. The Bertz CT molecular complexity index is 519. The number of ether oxygens (including phenoxy) is 1. The predicted molar refractivity (Wildman–Crippen MR) is 72.8 cm³/mol. The van der Waals surface area contributed by atoms with Crippen molar-refractivity contribution in [2.75, 3.05) is 7.11 Å². The van der Waals surface area contributed by atoms with E-state index in [-0.39, 0.29) is 6.04 Å². The Morgan fingerprint density at radius 1 is 1.12 bits per heavy atom. The highest BCUT2D eigenvalue weighted by Crippen LogP contribution is 2.29. The Morgan fingerprint density at radius 2 is 1.88 bits per heavy atom. The highest BCUT2D eigenvalue weighted by atomic mass is 32.1. The third kappa shape index (κ3) is 2.35. The lowest BCUT2D eigenvalue weighted by Gasteiger charge is -2.15. The lowest BCUT2D eigenvalue weighted by molar-refractivity contribution is 0.414. The molecule has 2 rings (SSSR count). The predicted octanol–water partition coefficient (Wildman–Crippen LogP) is 3.42. The molecule has 0 aliphatic carbocycles. The van der Waals surface area contributed by atoms with E-state index in [9.17, 15) is 0 Å². The van der Waals surface area contributed by atoms with Crippen molar-refractivity contribution in [3.8, 4) is 5.75 Å². The van der Waals surface area contributed by atoms with Crippen molar-refractivity contribution in [3.05, 3.63) is 51.2 Å². The number of thiophene rings is 1. The standard InChI is InChI=1S/C14H17NOS/c1-9-6-11(16-3)4-5-12(9)14(15)13-8-17-7-10(13)2/h4-8,14H,15H2,1-3H3. The first-order valence-corrected chi connectivity index (χ1v) is 6.50. The lowest BCUT2D eigenvalue weighted by atomic mass is 9.95. The van der Waals surface area contributed by atoms with Crippen molar-refractivity contribution in [3.63, 3.8) is 0 Å². The highest BCUT2D eigenvalue weighted by Gasteiger charge is 2.14. The monoisotopic (exact) mass is 247 g/mol. The largest absolute Gasteiger partial charge is 0.497 e. The van der Waals surface area contributed by atoms with E-state index in [2.05, 4.69) is 30.7 Å². The van der Waals surface area contributed by atoms with Crippen molar-refractivity contribution >= 4 is 11.3 Å². The van der Waals surface area contributed by atoms with E-state index in [0.717, 1.165) is 11.3 Å². The van der Waals surface area contributed by atoms with Crippen LogP contribution in [0.3, 0.4) is 0 Å². The molecule has 0 saturated heterocycles. The van der Waals surface area contributed by atoms with Crippen LogP contribution in [-0.2, 0) is 0 Å². The molecule has 0 aliphatic rings. The van der Waals surface area contributed by atoms with Crippen LogP contribution in [0.2, 0.25) is 0 Å². The fourth-order valence-corrected chi connectivity index (χ4v) is 2.87. The van der Waals surface area contributed by atoms with Gasteiger partial charge in [0.05, 0.1) is 13.2 Å². The van der Waals surface area contributed by atoms with Crippen LogP contribution in [0.25, 0.3) is 0 Å².